The van der Waals surface area contributed by atoms with E-state index in [1.807, 2.05) is 34.6 Å². The van der Waals surface area contributed by atoms with Gasteiger partial charge in [0.25, 0.3) is 5.69 Å². The van der Waals surface area contributed by atoms with Crippen LogP contribution in [0.1, 0.15) is 73.8 Å². The number of carbonyl (C=O) groups is 1. The second-order valence-corrected chi connectivity index (χ2v) is 7.27. The van der Waals surface area contributed by atoms with Gasteiger partial charge in [0.1, 0.15) is 5.56 Å². The van der Waals surface area contributed by atoms with Gasteiger partial charge in [0, 0.05) is 18.2 Å². The predicted octanol–water partition coefficient (Wildman–Crippen LogP) is 5.26. The Morgan fingerprint density at radius 2 is 1.83 bits per heavy atom. The van der Waals surface area contributed by atoms with Crippen LogP contribution >= 0.6 is 0 Å². The molecule has 0 amide bonds. The van der Waals surface area contributed by atoms with E-state index < -0.39 is 4.92 Å². The second kappa shape index (κ2) is 9.03. The van der Waals surface area contributed by atoms with E-state index in [2.05, 4.69) is 5.10 Å². The van der Waals surface area contributed by atoms with Crippen molar-refractivity contribution in [2.45, 2.75) is 61.4 Å². The molecular formula is C22H29N3O4. The molecule has 0 spiro atoms. The lowest BCUT2D eigenvalue weighted by Gasteiger charge is -2.14. The largest absolute Gasteiger partial charge is 0.478 e. The lowest BCUT2D eigenvalue weighted by atomic mass is 9.90. The fraction of sp³-hybridized carbons (Fsp3) is 0.455. The van der Waals surface area contributed by atoms with Crippen LogP contribution in [0.15, 0.2) is 17.7 Å². The number of ether oxygens (including phenoxy) is 1. The van der Waals surface area contributed by atoms with E-state index in [0.717, 1.165) is 17.6 Å². The van der Waals surface area contributed by atoms with Crippen molar-refractivity contribution in [1.29, 1.82) is 0 Å². The average Bonchev–Trinajstić information content (AvgIpc) is 2.95. The maximum atomic E-state index is 13.5. The quantitative estimate of drug-likeness (QED) is 0.343. The molecule has 0 radical (unpaired) electrons. The Hall–Kier alpha value is -2.96. The highest BCUT2D eigenvalue weighted by Gasteiger charge is 2.28. The number of hydrogen-bond donors (Lipinski definition) is 0. The molecule has 0 bridgehead atoms. The van der Waals surface area contributed by atoms with Crippen molar-refractivity contribution in [2.24, 2.45) is 0 Å². The fourth-order valence-corrected chi connectivity index (χ4v) is 3.42. The van der Waals surface area contributed by atoms with Crippen molar-refractivity contribution in [3.63, 3.8) is 0 Å². The molecule has 0 N–H and O–H groups in total. The first kappa shape index (κ1) is 22.3. The molecule has 0 saturated carbocycles. The third-order valence-corrected chi connectivity index (χ3v) is 5.03. The number of aromatic nitrogens is 2. The van der Waals surface area contributed by atoms with Gasteiger partial charge >= 0.3 is 0 Å². The number of aryl methyl sites for hydroxylation is 2. The summed E-state index contributed by atoms with van der Waals surface area (Å²) in [6.07, 6.45) is 0.856. The van der Waals surface area contributed by atoms with Gasteiger partial charge in [-0.3, -0.25) is 14.9 Å². The van der Waals surface area contributed by atoms with Gasteiger partial charge in [-0.15, -0.1) is 0 Å². The van der Waals surface area contributed by atoms with Crippen LogP contribution in [0.5, 0.6) is 5.88 Å². The van der Waals surface area contributed by atoms with Crippen molar-refractivity contribution < 1.29 is 14.5 Å². The summed E-state index contributed by atoms with van der Waals surface area (Å²) in [6, 6.07) is 2.94. The third-order valence-electron chi connectivity index (χ3n) is 5.03. The van der Waals surface area contributed by atoms with Crippen molar-refractivity contribution in [3.05, 3.63) is 55.8 Å². The normalized spacial score (nSPS) is 10.7. The molecule has 7 nitrogen and oxygen atoms in total. The summed E-state index contributed by atoms with van der Waals surface area (Å²) in [6.45, 7) is 14.1. The third kappa shape index (κ3) is 4.23. The topological polar surface area (TPSA) is 87.3 Å². The highest BCUT2D eigenvalue weighted by molar-refractivity contribution is 6.12. The molecular weight excluding hydrogens is 370 g/mol. The highest BCUT2D eigenvalue weighted by atomic mass is 16.6. The maximum Gasteiger partial charge on any atom is 0.277 e. The van der Waals surface area contributed by atoms with Crippen molar-refractivity contribution in [3.8, 4) is 5.88 Å². The molecule has 0 fully saturated rings. The van der Waals surface area contributed by atoms with Gasteiger partial charge in [-0.05, 0) is 65.2 Å². The molecule has 7 heteroatoms. The van der Waals surface area contributed by atoms with Crippen LogP contribution in [0.25, 0.3) is 5.57 Å². The van der Waals surface area contributed by atoms with Crippen LogP contribution < -0.4 is 4.74 Å². The van der Waals surface area contributed by atoms with Crippen molar-refractivity contribution in [1.82, 2.24) is 9.78 Å². The van der Waals surface area contributed by atoms with Crippen molar-refractivity contribution >= 4 is 17.0 Å². The summed E-state index contributed by atoms with van der Waals surface area (Å²) in [5.41, 5.74) is 4.27. The number of nitro groups is 1. The van der Waals surface area contributed by atoms with Gasteiger partial charge in [0.15, 0.2) is 0 Å². The number of ketones is 1. The zero-order valence-electron chi connectivity index (χ0n) is 18.3. The Morgan fingerprint density at radius 3 is 2.34 bits per heavy atom. The minimum Gasteiger partial charge on any atom is -0.478 e. The number of nitrogens with zero attached hydrogens (tertiary/aromatic N) is 3. The molecule has 2 rings (SSSR count). The molecule has 0 atom stereocenters. The molecule has 2 aromatic rings. The minimum atomic E-state index is -0.404. The van der Waals surface area contributed by atoms with Crippen molar-refractivity contribution in [2.75, 3.05) is 6.61 Å². The number of hydrogen-bond acceptors (Lipinski definition) is 5. The van der Waals surface area contributed by atoms with E-state index in [1.54, 1.807) is 18.5 Å². The molecule has 29 heavy (non-hydrogen) atoms. The molecule has 0 aliphatic heterocycles. The lowest BCUT2D eigenvalue weighted by Crippen LogP contribution is -2.11. The van der Waals surface area contributed by atoms with E-state index in [9.17, 15) is 14.9 Å². The zero-order valence-corrected chi connectivity index (χ0v) is 18.3. The van der Waals surface area contributed by atoms with E-state index in [4.69, 9.17) is 4.74 Å². The summed E-state index contributed by atoms with van der Waals surface area (Å²) in [5, 5.41) is 16.1. The summed E-state index contributed by atoms with van der Waals surface area (Å²) in [4.78, 5) is 24.7. The maximum absolute atomic E-state index is 13.5. The highest BCUT2D eigenvalue weighted by Crippen LogP contribution is 2.35. The Balaban J connectivity index is 2.74. The standard InChI is InChI=1S/C22H29N3O4/c1-8-12-24-22(29-9-2)20(16(7)23-24)21(26)17-10-11-18(25(27)28)19(15(17)6)14(5)13(3)4/h10-11H,8-9,12H2,1-7H3. The number of carbonyl (C=O) groups excluding carboxylic acids is 1. The first-order valence-corrected chi connectivity index (χ1v) is 9.82. The number of rotatable bonds is 8. The minimum absolute atomic E-state index is 0.00109. The molecule has 0 saturated heterocycles. The molecule has 1 heterocycles. The first-order valence-electron chi connectivity index (χ1n) is 9.82. The van der Waals surface area contributed by atoms with Crippen LogP contribution in [0.4, 0.5) is 5.69 Å². The molecule has 0 aliphatic carbocycles. The summed E-state index contributed by atoms with van der Waals surface area (Å²) in [7, 11) is 0. The van der Waals surface area contributed by atoms with Gasteiger partial charge in [-0.25, -0.2) is 4.68 Å². The molecule has 1 aromatic heterocycles. The summed E-state index contributed by atoms with van der Waals surface area (Å²) < 4.78 is 7.48. The Bertz CT molecular complexity index is 982. The van der Waals surface area contributed by atoms with E-state index in [0.29, 0.717) is 47.0 Å². The van der Waals surface area contributed by atoms with Crippen LogP contribution in [-0.2, 0) is 6.54 Å². The van der Waals surface area contributed by atoms with Crippen LogP contribution in [-0.4, -0.2) is 27.1 Å². The number of benzene rings is 1. The van der Waals surface area contributed by atoms with Gasteiger partial charge in [-0.2, -0.15) is 5.10 Å². The zero-order chi connectivity index (χ0) is 21.9. The monoisotopic (exact) mass is 399 g/mol. The second-order valence-electron chi connectivity index (χ2n) is 7.27. The summed E-state index contributed by atoms with van der Waals surface area (Å²) in [5.74, 6) is 0.221. The van der Waals surface area contributed by atoms with Gasteiger partial charge in [0.2, 0.25) is 11.7 Å². The fourth-order valence-electron chi connectivity index (χ4n) is 3.42. The smallest absolute Gasteiger partial charge is 0.277 e. The van der Waals surface area contributed by atoms with Crippen LogP contribution in [0.2, 0.25) is 0 Å². The summed E-state index contributed by atoms with van der Waals surface area (Å²) >= 11 is 0. The van der Waals surface area contributed by atoms with E-state index in [-0.39, 0.29) is 11.5 Å². The van der Waals surface area contributed by atoms with Gasteiger partial charge in [0.05, 0.1) is 22.8 Å². The first-order chi connectivity index (χ1) is 13.6. The molecule has 1 aromatic carbocycles. The number of nitro benzene ring substituents is 1. The van der Waals surface area contributed by atoms with Gasteiger partial charge < -0.3 is 4.74 Å². The molecule has 156 valence electrons. The van der Waals surface area contributed by atoms with E-state index in [1.165, 1.54) is 12.1 Å². The van der Waals surface area contributed by atoms with Crippen LogP contribution in [0.3, 0.4) is 0 Å². The Kier molecular flexibility index (Phi) is 6.95. The molecule has 0 unspecified atom stereocenters. The SMILES string of the molecule is CCCn1nc(C)c(C(=O)c2ccc([N+](=O)[O-])c(C(C)=C(C)C)c2C)c1OCC. The van der Waals surface area contributed by atoms with Crippen LogP contribution in [0, 0.1) is 24.0 Å². The Labute approximate surface area is 171 Å². The molecule has 0 aliphatic rings. The Morgan fingerprint density at radius 1 is 1.17 bits per heavy atom. The lowest BCUT2D eigenvalue weighted by molar-refractivity contribution is -0.385. The predicted molar refractivity (Wildman–Crippen MR) is 114 cm³/mol. The van der Waals surface area contributed by atoms with E-state index >= 15 is 0 Å². The number of allylic oxidation sites excluding steroid dienone is 2. The van der Waals surface area contributed by atoms with Gasteiger partial charge in [-0.1, -0.05) is 12.5 Å². The average molecular weight is 399 g/mol.